The van der Waals surface area contributed by atoms with Crippen molar-refractivity contribution in [2.75, 3.05) is 0 Å². The Labute approximate surface area is 121 Å². The zero-order valence-corrected chi connectivity index (χ0v) is 12.5. The smallest absolute Gasteiger partial charge is 0.262 e. The minimum Gasteiger partial charge on any atom is -0.349 e. The van der Waals surface area contributed by atoms with E-state index in [2.05, 4.69) is 12.2 Å². The number of carbonyl (C=O) groups is 1. The van der Waals surface area contributed by atoms with Gasteiger partial charge in [0.2, 0.25) is 0 Å². The molecule has 19 heavy (non-hydrogen) atoms. The highest BCUT2D eigenvalue weighted by Gasteiger charge is 2.36. The Bertz CT molecular complexity index is 615. The van der Waals surface area contributed by atoms with Gasteiger partial charge >= 0.3 is 0 Å². The van der Waals surface area contributed by atoms with Crippen LogP contribution in [-0.2, 0) is 9.05 Å². The van der Waals surface area contributed by atoms with E-state index in [1.165, 1.54) is 18.2 Å². The van der Waals surface area contributed by atoms with Crippen molar-refractivity contribution in [1.82, 2.24) is 5.32 Å². The summed E-state index contributed by atoms with van der Waals surface area (Å²) in [6.07, 6.45) is 1.99. The molecule has 1 aromatic rings. The molecule has 0 heterocycles. The zero-order valence-electron chi connectivity index (χ0n) is 10.2. The molecule has 0 radical (unpaired) electrons. The first-order valence-corrected chi connectivity index (χ1v) is 8.56. The second kappa shape index (κ2) is 5.31. The van der Waals surface area contributed by atoms with Crippen LogP contribution in [0.25, 0.3) is 0 Å². The molecule has 1 amide bonds. The van der Waals surface area contributed by atoms with Crippen LogP contribution < -0.4 is 5.32 Å². The van der Waals surface area contributed by atoms with E-state index in [-0.39, 0.29) is 27.4 Å². The fourth-order valence-corrected chi connectivity index (χ4v) is 3.45. The molecule has 1 aliphatic carbocycles. The SMILES string of the molecule is CCC1CC1NC(=O)c1ccc(Cl)c(S(=O)(=O)Cl)c1. The van der Waals surface area contributed by atoms with Crippen molar-refractivity contribution in [2.45, 2.75) is 30.7 Å². The first kappa shape index (κ1) is 14.6. The van der Waals surface area contributed by atoms with Crippen LogP contribution in [0.1, 0.15) is 30.1 Å². The summed E-state index contributed by atoms with van der Waals surface area (Å²) < 4.78 is 22.6. The van der Waals surface area contributed by atoms with Gasteiger partial charge in [-0.1, -0.05) is 24.9 Å². The maximum Gasteiger partial charge on any atom is 0.262 e. The Morgan fingerprint density at radius 3 is 2.68 bits per heavy atom. The second-order valence-corrected chi connectivity index (χ2v) is 7.51. The molecule has 0 aromatic heterocycles. The summed E-state index contributed by atoms with van der Waals surface area (Å²) in [4.78, 5) is 11.7. The van der Waals surface area contributed by atoms with E-state index in [1.807, 2.05) is 0 Å². The standard InChI is InChI=1S/C12H13Cl2NO3S/c1-2-7-5-10(7)15-12(16)8-3-4-9(13)11(6-8)19(14,17)18/h3-4,6-7,10H,2,5H2,1H3,(H,15,16). The van der Waals surface area contributed by atoms with Crippen LogP contribution in [0.2, 0.25) is 5.02 Å². The van der Waals surface area contributed by atoms with E-state index in [1.54, 1.807) is 0 Å². The summed E-state index contributed by atoms with van der Waals surface area (Å²) in [6.45, 7) is 2.07. The highest BCUT2D eigenvalue weighted by molar-refractivity contribution is 8.13. The van der Waals surface area contributed by atoms with Crippen molar-refractivity contribution in [3.05, 3.63) is 28.8 Å². The summed E-state index contributed by atoms with van der Waals surface area (Å²) in [5.41, 5.74) is 0.241. The van der Waals surface area contributed by atoms with E-state index in [0.717, 1.165) is 12.8 Å². The van der Waals surface area contributed by atoms with Crippen LogP contribution >= 0.6 is 22.3 Å². The van der Waals surface area contributed by atoms with Gasteiger partial charge in [-0.2, -0.15) is 0 Å². The lowest BCUT2D eigenvalue weighted by Crippen LogP contribution is -2.26. The molecule has 1 aliphatic rings. The second-order valence-electron chi connectivity index (χ2n) is 4.57. The molecule has 1 aromatic carbocycles. The van der Waals surface area contributed by atoms with Crippen molar-refractivity contribution in [3.63, 3.8) is 0 Å². The first-order valence-electron chi connectivity index (χ1n) is 5.88. The topological polar surface area (TPSA) is 63.2 Å². The molecule has 1 fully saturated rings. The summed E-state index contributed by atoms with van der Waals surface area (Å²) in [6, 6.07) is 4.22. The average Bonchev–Trinajstić information content (AvgIpc) is 3.06. The van der Waals surface area contributed by atoms with E-state index >= 15 is 0 Å². The lowest BCUT2D eigenvalue weighted by molar-refractivity contribution is 0.0949. The van der Waals surface area contributed by atoms with Crippen molar-refractivity contribution < 1.29 is 13.2 Å². The van der Waals surface area contributed by atoms with Crippen LogP contribution in [0.5, 0.6) is 0 Å². The minimum absolute atomic E-state index is 0.00408. The predicted octanol–water partition coefficient (Wildman–Crippen LogP) is 2.80. The summed E-state index contributed by atoms with van der Waals surface area (Å²) in [5, 5.41) is 2.85. The van der Waals surface area contributed by atoms with Gasteiger partial charge in [-0.25, -0.2) is 8.42 Å². The quantitative estimate of drug-likeness (QED) is 0.867. The number of halogens is 2. The van der Waals surface area contributed by atoms with E-state index in [4.69, 9.17) is 22.3 Å². The Balaban J connectivity index is 2.19. The molecule has 1 N–H and O–H groups in total. The lowest BCUT2D eigenvalue weighted by Gasteiger charge is -2.06. The highest BCUT2D eigenvalue weighted by atomic mass is 35.7. The number of carbonyl (C=O) groups excluding carboxylic acids is 1. The Kier molecular flexibility index (Phi) is 4.08. The van der Waals surface area contributed by atoms with Crippen molar-refractivity contribution in [2.24, 2.45) is 5.92 Å². The molecule has 0 aliphatic heterocycles. The first-order chi connectivity index (χ1) is 8.82. The monoisotopic (exact) mass is 321 g/mol. The third-order valence-corrected chi connectivity index (χ3v) is 5.02. The molecule has 2 atom stereocenters. The zero-order chi connectivity index (χ0) is 14.2. The predicted molar refractivity (Wildman–Crippen MR) is 74.1 cm³/mol. The Morgan fingerprint density at radius 2 is 2.16 bits per heavy atom. The average molecular weight is 322 g/mol. The molecule has 0 saturated heterocycles. The Hall–Kier alpha value is -0.780. The fourth-order valence-electron chi connectivity index (χ4n) is 1.96. The van der Waals surface area contributed by atoms with Gasteiger partial charge in [0.25, 0.3) is 15.0 Å². The molecule has 4 nitrogen and oxygen atoms in total. The molecule has 0 spiro atoms. The number of benzene rings is 1. The van der Waals surface area contributed by atoms with Gasteiger partial charge in [0, 0.05) is 22.3 Å². The molecular weight excluding hydrogens is 309 g/mol. The van der Waals surface area contributed by atoms with Crippen LogP contribution in [0.15, 0.2) is 23.1 Å². The van der Waals surface area contributed by atoms with Gasteiger partial charge in [0.15, 0.2) is 0 Å². The number of hydrogen-bond donors (Lipinski definition) is 1. The largest absolute Gasteiger partial charge is 0.349 e. The fraction of sp³-hybridized carbons (Fsp3) is 0.417. The maximum atomic E-state index is 12.0. The molecular formula is C12H13Cl2NO3S. The molecule has 2 rings (SSSR count). The number of rotatable bonds is 4. The van der Waals surface area contributed by atoms with Gasteiger partial charge in [-0.3, -0.25) is 4.79 Å². The molecule has 0 bridgehead atoms. The minimum atomic E-state index is -3.96. The van der Waals surface area contributed by atoms with Crippen molar-refractivity contribution >= 4 is 37.2 Å². The van der Waals surface area contributed by atoms with Gasteiger partial charge in [-0.05, 0) is 30.5 Å². The number of hydrogen-bond acceptors (Lipinski definition) is 3. The normalized spacial score (nSPS) is 22.1. The third kappa shape index (κ3) is 3.41. The van der Waals surface area contributed by atoms with Crippen LogP contribution in [0.3, 0.4) is 0 Å². The molecule has 7 heteroatoms. The Morgan fingerprint density at radius 1 is 1.47 bits per heavy atom. The summed E-state index contributed by atoms with van der Waals surface area (Å²) in [5.74, 6) is 0.215. The number of nitrogens with one attached hydrogen (secondary N) is 1. The highest BCUT2D eigenvalue weighted by Crippen LogP contribution is 2.33. The lowest BCUT2D eigenvalue weighted by atomic mass is 10.2. The van der Waals surface area contributed by atoms with Gasteiger partial charge in [0.05, 0.1) is 5.02 Å². The molecule has 2 unspecified atom stereocenters. The summed E-state index contributed by atoms with van der Waals surface area (Å²) in [7, 11) is 1.30. The summed E-state index contributed by atoms with van der Waals surface area (Å²) >= 11 is 5.75. The van der Waals surface area contributed by atoms with E-state index in [0.29, 0.717) is 5.92 Å². The van der Waals surface area contributed by atoms with Crippen LogP contribution in [0, 0.1) is 5.92 Å². The van der Waals surface area contributed by atoms with Crippen molar-refractivity contribution in [1.29, 1.82) is 0 Å². The molecule has 1 saturated carbocycles. The van der Waals surface area contributed by atoms with Gasteiger partial charge in [0.1, 0.15) is 4.90 Å². The third-order valence-electron chi connectivity index (χ3n) is 3.22. The van der Waals surface area contributed by atoms with E-state index in [9.17, 15) is 13.2 Å². The van der Waals surface area contributed by atoms with Crippen LogP contribution in [-0.4, -0.2) is 20.4 Å². The van der Waals surface area contributed by atoms with Gasteiger partial charge in [-0.15, -0.1) is 0 Å². The molecule has 104 valence electrons. The van der Waals surface area contributed by atoms with Gasteiger partial charge < -0.3 is 5.32 Å². The number of amides is 1. The van der Waals surface area contributed by atoms with E-state index < -0.39 is 9.05 Å². The maximum absolute atomic E-state index is 12.0. The van der Waals surface area contributed by atoms with Crippen LogP contribution in [0.4, 0.5) is 0 Å². The van der Waals surface area contributed by atoms with Crippen molar-refractivity contribution in [3.8, 4) is 0 Å².